The third-order valence-electron chi connectivity index (χ3n) is 3.91. The van der Waals surface area contributed by atoms with Crippen LogP contribution in [0.4, 0.5) is 8.78 Å². The van der Waals surface area contributed by atoms with E-state index in [1.54, 1.807) is 0 Å². The monoisotopic (exact) mass is 273 g/mol. The van der Waals surface area contributed by atoms with Crippen LogP contribution in [-0.2, 0) is 12.8 Å². The van der Waals surface area contributed by atoms with Crippen molar-refractivity contribution in [2.24, 2.45) is 0 Å². The van der Waals surface area contributed by atoms with Gasteiger partial charge >= 0.3 is 0 Å². The fourth-order valence-electron chi connectivity index (χ4n) is 2.89. The highest BCUT2D eigenvalue weighted by Crippen LogP contribution is 2.28. The van der Waals surface area contributed by atoms with Gasteiger partial charge in [-0.1, -0.05) is 30.3 Å². The number of nitrogens with one attached hydrogen (secondary N) is 1. The second kappa shape index (κ2) is 5.71. The molecule has 1 aliphatic heterocycles. The molecular weight excluding hydrogens is 256 g/mol. The molecule has 2 aromatic rings. The summed E-state index contributed by atoms with van der Waals surface area (Å²) in [6.07, 6.45) is 1.59. The molecule has 3 rings (SSSR count). The van der Waals surface area contributed by atoms with Gasteiger partial charge in [-0.15, -0.1) is 0 Å². The van der Waals surface area contributed by atoms with Crippen LogP contribution in [0.3, 0.4) is 0 Å². The summed E-state index contributed by atoms with van der Waals surface area (Å²) in [7, 11) is 0. The highest BCUT2D eigenvalue weighted by atomic mass is 19.2. The lowest BCUT2D eigenvalue weighted by atomic mass is 9.88. The van der Waals surface area contributed by atoms with Gasteiger partial charge in [-0.25, -0.2) is 8.78 Å². The van der Waals surface area contributed by atoms with E-state index in [0.717, 1.165) is 37.1 Å². The molecule has 0 saturated carbocycles. The van der Waals surface area contributed by atoms with Crippen molar-refractivity contribution in [1.29, 1.82) is 0 Å². The van der Waals surface area contributed by atoms with Crippen LogP contribution < -0.4 is 5.32 Å². The predicted molar refractivity (Wildman–Crippen MR) is 75.8 cm³/mol. The molecule has 0 aromatic heterocycles. The topological polar surface area (TPSA) is 12.0 Å². The molecule has 1 aliphatic rings. The van der Waals surface area contributed by atoms with Crippen molar-refractivity contribution in [3.63, 3.8) is 0 Å². The molecule has 2 aromatic carbocycles. The molecule has 0 amide bonds. The molecule has 0 radical (unpaired) electrons. The van der Waals surface area contributed by atoms with Crippen molar-refractivity contribution < 1.29 is 8.78 Å². The molecule has 0 bridgehead atoms. The van der Waals surface area contributed by atoms with Gasteiger partial charge in [0.1, 0.15) is 0 Å². The second-order valence-corrected chi connectivity index (χ2v) is 5.31. The molecule has 0 saturated heterocycles. The van der Waals surface area contributed by atoms with Gasteiger partial charge in [0.2, 0.25) is 0 Å². The van der Waals surface area contributed by atoms with Gasteiger partial charge in [-0.2, -0.15) is 0 Å². The van der Waals surface area contributed by atoms with Gasteiger partial charge in [-0.05, 0) is 48.2 Å². The van der Waals surface area contributed by atoms with E-state index in [1.807, 2.05) is 18.2 Å². The Hall–Kier alpha value is -1.74. The Kier molecular flexibility index (Phi) is 3.79. The molecule has 0 aliphatic carbocycles. The fourth-order valence-corrected chi connectivity index (χ4v) is 2.89. The summed E-state index contributed by atoms with van der Waals surface area (Å²) in [5.74, 6) is -1.31. The Morgan fingerprint density at radius 2 is 1.80 bits per heavy atom. The molecule has 1 atom stereocenters. The first kappa shape index (κ1) is 13.3. The van der Waals surface area contributed by atoms with Gasteiger partial charge in [0.25, 0.3) is 0 Å². The van der Waals surface area contributed by atoms with Gasteiger partial charge in [-0.3, -0.25) is 0 Å². The van der Waals surface area contributed by atoms with E-state index in [9.17, 15) is 8.78 Å². The second-order valence-electron chi connectivity index (χ2n) is 5.31. The maximum absolute atomic E-state index is 13.6. The lowest BCUT2D eigenvalue weighted by Gasteiger charge is -2.18. The molecular formula is C17H17F2N. The summed E-state index contributed by atoms with van der Waals surface area (Å²) in [5, 5.41) is 3.36. The summed E-state index contributed by atoms with van der Waals surface area (Å²) in [5.41, 5.74) is 3.09. The molecule has 1 heterocycles. The van der Waals surface area contributed by atoms with Crippen molar-refractivity contribution in [2.45, 2.75) is 18.8 Å². The molecule has 0 spiro atoms. The van der Waals surface area contributed by atoms with Crippen LogP contribution in [0.15, 0.2) is 42.5 Å². The highest BCUT2D eigenvalue weighted by molar-refractivity contribution is 5.35. The van der Waals surface area contributed by atoms with Crippen molar-refractivity contribution in [1.82, 2.24) is 5.32 Å². The van der Waals surface area contributed by atoms with Crippen molar-refractivity contribution in [2.75, 3.05) is 13.1 Å². The normalized spacial score (nSPS) is 18.4. The largest absolute Gasteiger partial charge is 0.316 e. The minimum Gasteiger partial charge on any atom is -0.316 e. The third kappa shape index (κ3) is 2.73. The lowest BCUT2D eigenvalue weighted by molar-refractivity contribution is 0.503. The maximum atomic E-state index is 13.6. The Morgan fingerprint density at radius 3 is 2.60 bits per heavy atom. The van der Waals surface area contributed by atoms with Crippen LogP contribution in [-0.4, -0.2) is 13.1 Å². The first-order chi connectivity index (χ1) is 9.74. The zero-order valence-corrected chi connectivity index (χ0v) is 11.2. The van der Waals surface area contributed by atoms with E-state index < -0.39 is 11.6 Å². The van der Waals surface area contributed by atoms with E-state index in [0.29, 0.717) is 0 Å². The van der Waals surface area contributed by atoms with Crippen LogP contribution in [0.1, 0.15) is 22.6 Å². The van der Waals surface area contributed by atoms with E-state index >= 15 is 0 Å². The van der Waals surface area contributed by atoms with Crippen LogP contribution >= 0.6 is 0 Å². The highest BCUT2D eigenvalue weighted by Gasteiger charge is 2.21. The quantitative estimate of drug-likeness (QED) is 0.884. The predicted octanol–water partition coefficient (Wildman–Crippen LogP) is 3.44. The van der Waals surface area contributed by atoms with Gasteiger partial charge in [0.05, 0.1) is 0 Å². The molecule has 20 heavy (non-hydrogen) atoms. The zero-order chi connectivity index (χ0) is 13.9. The SMILES string of the molecule is Fc1cc2c(cc1F)C(Cc1ccccc1)CNCC2. The van der Waals surface area contributed by atoms with E-state index in [2.05, 4.69) is 17.4 Å². The minimum absolute atomic E-state index is 0.185. The average Bonchev–Trinajstić information content (AvgIpc) is 2.64. The van der Waals surface area contributed by atoms with Gasteiger partial charge in [0.15, 0.2) is 11.6 Å². The number of fused-ring (bicyclic) bond motifs is 1. The summed E-state index contributed by atoms with van der Waals surface area (Å²) >= 11 is 0. The van der Waals surface area contributed by atoms with Crippen molar-refractivity contribution in [3.05, 3.63) is 70.8 Å². The average molecular weight is 273 g/mol. The Morgan fingerprint density at radius 1 is 1.05 bits per heavy atom. The molecule has 104 valence electrons. The first-order valence-electron chi connectivity index (χ1n) is 6.96. The van der Waals surface area contributed by atoms with Crippen molar-refractivity contribution in [3.8, 4) is 0 Å². The number of halogens is 2. The minimum atomic E-state index is -0.747. The molecule has 0 fully saturated rings. The van der Waals surface area contributed by atoms with Gasteiger partial charge in [0, 0.05) is 12.5 Å². The van der Waals surface area contributed by atoms with Crippen molar-refractivity contribution >= 4 is 0 Å². The van der Waals surface area contributed by atoms with E-state index in [1.165, 1.54) is 17.7 Å². The van der Waals surface area contributed by atoms with E-state index in [4.69, 9.17) is 0 Å². The van der Waals surface area contributed by atoms with Crippen LogP contribution in [0.5, 0.6) is 0 Å². The summed E-state index contributed by atoms with van der Waals surface area (Å²) < 4.78 is 27.0. The molecule has 1 nitrogen and oxygen atoms in total. The zero-order valence-electron chi connectivity index (χ0n) is 11.2. The van der Waals surface area contributed by atoms with Crippen LogP contribution in [0.25, 0.3) is 0 Å². The fraction of sp³-hybridized carbons (Fsp3) is 0.294. The smallest absolute Gasteiger partial charge is 0.159 e. The lowest BCUT2D eigenvalue weighted by Crippen LogP contribution is -2.21. The Balaban J connectivity index is 1.94. The summed E-state index contributed by atoms with van der Waals surface area (Å²) in [4.78, 5) is 0. The number of benzene rings is 2. The molecule has 1 unspecified atom stereocenters. The Labute approximate surface area is 117 Å². The third-order valence-corrected chi connectivity index (χ3v) is 3.91. The summed E-state index contributed by atoms with van der Waals surface area (Å²) in [6.45, 7) is 1.61. The Bertz CT molecular complexity index is 595. The summed E-state index contributed by atoms with van der Waals surface area (Å²) in [6, 6.07) is 12.9. The van der Waals surface area contributed by atoms with Gasteiger partial charge < -0.3 is 5.32 Å². The maximum Gasteiger partial charge on any atom is 0.159 e. The van der Waals surface area contributed by atoms with Crippen LogP contribution in [0, 0.1) is 11.6 Å². The number of hydrogen-bond donors (Lipinski definition) is 1. The number of rotatable bonds is 2. The van der Waals surface area contributed by atoms with E-state index in [-0.39, 0.29) is 5.92 Å². The molecule has 3 heteroatoms. The first-order valence-corrected chi connectivity index (χ1v) is 6.96. The molecule has 1 N–H and O–H groups in total. The number of hydrogen-bond acceptors (Lipinski definition) is 1. The standard InChI is InChI=1S/C17H17F2N/c18-16-9-13-6-7-20-11-14(15(13)10-17(16)19)8-12-4-2-1-3-5-12/h1-5,9-10,14,20H,6-8,11H2. The van der Waals surface area contributed by atoms with Crippen LogP contribution in [0.2, 0.25) is 0 Å².